The van der Waals surface area contributed by atoms with Gasteiger partial charge in [0.2, 0.25) is 10.0 Å². The number of thiophene rings is 1. The van der Waals surface area contributed by atoms with Crippen LogP contribution in [-0.2, 0) is 10.0 Å². The van der Waals surface area contributed by atoms with Crippen LogP contribution in [0.4, 0.5) is 5.82 Å². The summed E-state index contributed by atoms with van der Waals surface area (Å²) < 4.78 is 24.5. The van der Waals surface area contributed by atoms with E-state index in [0.29, 0.717) is 13.1 Å². The van der Waals surface area contributed by atoms with Gasteiger partial charge >= 0.3 is 0 Å². The Balaban J connectivity index is 1.78. The van der Waals surface area contributed by atoms with Crippen LogP contribution in [0, 0.1) is 0 Å². The van der Waals surface area contributed by atoms with E-state index in [-0.39, 0.29) is 6.04 Å². The molecule has 102 valence electrons. The molecule has 1 aliphatic rings. The highest BCUT2D eigenvalue weighted by Gasteiger charge is 2.28. The molecule has 19 heavy (non-hydrogen) atoms. The van der Waals surface area contributed by atoms with Crippen molar-refractivity contribution in [2.24, 2.45) is 0 Å². The summed E-state index contributed by atoms with van der Waals surface area (Å²) >= 11 is 1.57. The third-order valence-corrected chi connectivity index (χ3v) is 5.31. The highest BCUT2D eigenvalue weighted by Crippen LogP contribution is 2.25. The summed E-state index contributed by atoms with van der Waals surface area (Å²) in [5.41, 5.74) is 0. The normalized spacial score (nSPS) is 21.0. The minimum atomic E-state index is -3.10. The van der Waals surface area contributed by atoms with Crippen LogP contribution in [0.25, 0.3) is 10.2 Å². The van der Waals surface area contributed by atoms with Crippen molar-refractivity contribution in [2.45, 2.75) is 12.5 Å². The van der Waals surface area contributed by atoms with Crippen molar-refractivity contribution in [3.63, 3.8) is 0 Å². The first-order valence-corrected chi connectivity index (χ1v) is 8.67. The molecule has 1 unspecified atom stereocenters. The van der Waals surface area contributed by atoms with E-state index in [2.05, 4.69) is 15.3 Å². The van der Waals surface area contributed by atoms with Crippen LogP contribution >= 0.6 is 11.3 Å². The Morgan fingerprint density at radius 3 is 3.05 bits per heavy atom. The summed E-state index contributed by atoms with van der Waals surface area (Å²) in [6.07, 6.45) is 3.57. The molecule has 2 aromatic heterocycles. The summed E-state index contributed by atoms with van der Waals surface area (Å²) in [5, 5.41) is 6.29. The van der Waals surface area contributed by atoms with Crippen molar-refractivity contribution in [1.29, 1.82) is 0 Å². The van der Waals surface area contributed by atoms with Gasteiger partial charge in [-0.25, -0.2) is 22.7 Å². The maximum Gasteiger partial charge on any atom is 0.211 e. The molecule has 1 fully saturated rings. The first-order valence-electron chi connectivity index (χ1n) is 5.94. The van der Waals surface area contributed by atoms with E-state index in [0.717, 1.165) is 22.5 Å². The van der Waals surface area contributed by atoms with Gasteiger partial charge in [0.1, 0.15) is 17.0 Å². The van der Waals surface area contributed by atoms with Gasteiger partial charge in [-0.05, 0) is 17.9 Å². The third kappa shape index (κ3) is 2.56. The minimum absolute atomic E-state index is 0.104. The van der Waals surface area contributed by atoms with Gasteiger partial charge in [-0.2, -0.15) is 0 Å². The molecule has 2 aromatic rings. The van der Waals surface area contributed by atoms with Crippen LogP contribution in [0.15, 0.2) is 17.8 Å². The lowest BCUT2D eigenvalue weighted by molar-refractivity contribution is 0.480. The molecule has 0 amide bonds. The third-order valence-electron chi connectivity index (χ3n) is 3.22. The smallest absolute Gasteiger partial charge is 0.211 e. The number of nitrogens with zero attached hydrogens (tertiary/aromatic N) is 3. The molecule has 1 saturated heterocycles. The average Bonchev–Trinajstić information content (AvgIpc) is 2.96. The van der Waals surface area contributed by atoms with Gasteiger partial charge in [0, 0.05) is 19.1 Å². The van der Waals surface area contributed by atoms with Gasteiger partial charge < -0.3 is 5.32 Å². The average molecular weight is 298 g/mol. The van der Waals surface area contributed by atoms with Crippen molar-refractivity contribution in [3.8, 4) is 0 Å². The SMILES string of the molecule is CS(=O)(=O)N1CCC(Nc2ncnc3sccc23)C1. The lowest BCUT2D eigenvalue weighted by atomic mass is 10.2. The van der Waals surface area contributed by atoms with Gasteiger partial charge in [-0.3, -0.25) is 0 Å². The maximum absolute atomic E-state index is 11.5. The van der Waals surface area contributed by atoms with Gasteiger partial charge in [0.05, 0.1) is 11.6 Å². The fourth-order valence-corrected chi connectivity index (χ4v) is 3.87. The zero-order valence-corrected chi connectivity index (χ0v) is 12.0. The minimum Gasteiger partial charge on any atom is -0.365 e. The molecule has 0 aromatic carbocycles. The lowest BCUT2D eigenvalue weighted by Gasteiger charge is -2.15. The fourth-order valence-electron chi connectivity index (χ4n) is 2.25. The van der Waals surface area contributed by atoms with E-state index >= 15 is 0 Å². The standard InChI is InChI=1S/C11H14N4O2S2/c1-19(16,17)15-4-2-8(6-15)14-10-9-3-5-18-11(9)13-7-12-10/h3,5,7-8H,2,4,6H2,1H3,(H,12,13,14). The molecule has 0 saturated carbocycles. The second kappa shape index (κ2) is 4.69. The van der Waals surface area contributed by atoms with E-state index in [4.69, 9.17) is 0 Å². The number of hydrogen-bond acceptors (Lipinski definition) is 6. The summed E-state index contributed by atoms with van der Waals surface area (Å²) in [7, 11) is -3.10. The molecule has 0 radical (unpaired) electrons. The summed E-state index contributed by atoms with van der Waals surface area (Å²) in [4.78, 5) is 9.38. The van der Waals surface area contributed by atoms with Crippen molar-refractivity contribution in [2.75, 3.05) is 24.7 Å². The number of rotatable bonds is 3. The second-order valence-electron chi connectivity index (χ2n) is 4.61. The van der Waals surface area contributed by atoms with Gasteiger partial charge in [0.15, 0.2) is 0 Å². The van der Waals surface area contributed by atoms with Crippen LogP contribution in [0.2, 0.25) is 0 Å². The quantitative estimate of drug-likeness (QED) is 0.919. The molecular weight excluding hydrogens is 284 g/mol. The van der Waals surface area contributed by atoms with Gasteiger partial charge in [-0.1, -0.05) is 0 Å². The van der Waals surface area contributed by atoms with E-state index in [1.165, 1.54) is 16.9 Å². The van der Waals surface area contributed by atoms with E-state index < -0.39 is 10.0 Å². The Morgan fingerprint density at radius 1 is 1.47 bits per heavy atom. The van der Waals surface area contributed by atoms with Crippen molar-refractivity contribution in [1.82, 2.24) is 14.3 Å². The molecule has 0 spiro atoms. The summed E-state index contributed by atoms with van der Waals surface area (Å²) in [5.74, 6) is 0.784. The zero-order valence-electron chi connectivity index (χ0n) is 10.4. The molecule has 8 heteroatoms. The number of nitrogens with one attached hydrogen (secondary N) is 1. The highest BCUT2D eigenvalue weighted by atomic mass is 32.2. The van der Waals surface area contributed by atoms with Crippen molar-refractivity contribution in [3.05, 3.63) is 17.8 Å². The Morgan fingerprint density at radius 2 is 2.32 bits per heavy atom. The Hall–Kier alpha value is -1.25. The largest absolute Gasteiger partial charge is 0.365 e. The van der Waals surface area contributed by atoms with Crippen LogP contribution in [0.3, 0.4) is 0 Å². The first-order chi connectivity index (χ1) is 9.04. The van der Waals surface area contributed by atoms with Gasteiger partial charge in [0.25, 0.3) is 0 Å². The van der Waals surface area contributed by atoms with E-state index in [1.807, 2.05) is 11.4 Å². The van der Waals surface area contributed by atoms with E-state index in [1.54, 1.807) is 11.3 Å². The number of hydrogen-bond donors (Lipinski definition) is 1. The number of anilines is 1. The number of sulfonamides is 1. The fraction of sp³-hybridized carbons (Fsp3) is 0.455. The molecule has 1 N–H and O–H groups in total. The predicted octanol–water partition coefficient (Wildman–Crippen LogP) is 1.14. The topological polar surface area (TPSA) is 75.2 Å². The van der Waals surface area contributed by atoms with Crippen molar-refractivity contribution < 1.29 is 8.42 Å². The molecule has 1 atom stereocenters. The Kier molecular flexibility index (Phi) is 3.15. The number of aromatic nitrogens is 2. The zero-order chi connectivity index (χ0) is 13.5. The first kappa shape index (κ1) is 12.8. The number of fused-ring (bicyclic) bond motifs is 1. The summed E-state index contributed by atoms with van der Waals surface area (Å²) in [6.45, 7) is 1.06. The van der Waals surface area contributed by atoms with E-state index in [9.17, 15) is 8.42 Å². The molecule has 3 rings (SSSR count). The van der Waals surface area contributed by atoms with Crippen LogP contribution in [0.1, 0.15) is 6.42 Å². The maximum atomic E-state index is 11.5. The monoisotopic (exact) mass is 298 g/mol. The van der Waals surface area contributed by atoms with Crippen LogP contribution in [-0.4, -0.2) is 48.1 Å². The second-order valence-corrected chi connectivity index (χ2v) is 7.49. The van der Waals surface area contributed by atoms with Crippen LogP contribution < -0.4 is 5.32 Å². The molecule has 1 aliphatic heterocycles. The molecule has 0 bridgehead atoms. The van der Waals surface area contributed by atoms with Crippen molar-refractivity contribution >= 4 is 37.4 Å². The predicted molar refractivity (Wildman–Crippen MR) is 75.9 cm³/mol. The molecular formula is C11H14N4O2S2. The highest BCUT2D eigenvalue weighted by molar-refractivity contribution is 7.88. The molecule has 6 nitrogen and oxygen atoms in total. The van der Waals surface area contributed by atoms with Gasteiger partial charge in [-0.15, -0.1) is 11.3 Å². The summed E-state index contributed by atoms with van der Waals surface area (Å²) in [6, 6.07) is 2.08. The molecule has 3 heterocycles. The molecule has 0 aliphatic carbocycles. The lowest BCUT2D eigenvalue weighted by Crippen LogP contribution is -2.30. The Labute approximate surface area is 115 Å². The Bertz CT molecular complexity index is 698. The van der Waals surface area contributed by atoms with Crippen LogP contribution in [0.5, 0.6) is 0 Å².